The van der Waals surface area contributed by atoms with E-state index >= 15 is 0 Å². The largest absolute Gasteiger partial charge is 0.352 e. The van der Waals surface area contributed by atoms with Crippen LogP contribution in [0.4, 0.5) is 0 Å². The van der Waals surface area contributed by atoms with Gasteiger partial charge in [-0.2, -0.15) is 4.31 Å². The molecule has 26 heavy (non-hydrogen) atoms. The Morgan fingerprint density at radius 1 is 1.27 bits per heavy atom. The topological polar surface area (TPSA) is 97.2 Å². The van der Waals surface area contributed by atoms with Gasteiger partial charge in [0, 0.05) is 30.9 Å². The van der Waals surface area contributed by atoms with Crippen LogP contribution in [0.15, 0.2) is 35.5 Å². The van der Waals surface area contributed by atoms with E-state index in [0.29, 0.717) is 25.2 Å². The van der Waals surface area contributed by atoms with E-state index in [2.05, 4.69) is 15.6 Å². The summed E-state index contributed by atoms with van der Waals surface area (Å²) >= 11 is 0. The van der Waals surface area contributed by atoms with E-state index in [1.54, 1.807) is 33.5 Å². The highest BCUT2D eigenvalue weighted by Gasteiger charge is 2.34. The summed E-state index contributed by atoms with van der Waals surface area (Å²) in [4.78, 5) is 12.3. The van der Waals surface area contributed by atoms with Crippen molar-refractivity contribution in [3.05, 3.63) is 41.7 Å². The number of carbonyl (C=O) groups is 1. The Labute approximate surface area is 152 Å². The number of aromatic nitrogens is 3. The number of fused-ring (bicyclic) bond motifs is 1. The zero-order chi connectivity index (χ0) is 18.1. The van der Waals surface area contributed by atoms with Crippen LogP contribution in [0.1, 0.15) is 35.2 Å². The smallest absolute Gasteiger partial charge is 0.251 e. The molecule has 0 spiro atoms. The van der Waals surface area contributed by atoms with Gasteiger partial charge in [-0.15, -0.1) is 5.10 Å². The Balaban J connectivity index is 1.66. The van der Waals surface area contributed by atoms with Crippen LogP contribution < -0.4 is 5.32 Å². The van der Waals surface area contributed by atoms with Gasteiger partial charge in [0.25, 0.3) is 5.91 Å². The summed E-state index contributed by atoms with van der Waals surface area (Å²) in [6.07, 6.45) is 6.65. The first-order chi connectivity index (χ1) is 12.6. The average molecular weight is 375 g/mol. The molecule has 1 N–H and O–H groups in total. The van der Waals surface area contributed by atoms with Crippen LogP contribution in [0.5, 0.6) is 0 Å². The minimum Gasteiger partial charge on any atom is -0.352 e. The zero-order valence-corrected chi connectivity index (χ0v) is 15.2. The molecule has 4 rings (SSSR count). The Morgan fingerprint density at radius 2 is 2.15 bits per heavy atom. The second kappa shape index (κ2) is 6.81. The molecule has 1 aromatic heterocycles. The maximum Gasteiger partial charge on any atom is 0.251 e. The van der Waals surface area contributed by atoms with E-state index in [-0.39, 0.29) is 16.8 Å². The molecule has 0 aliphatic carbocycles. The van der Waals surface area contributed by atoms with Crippen molar-refractivity contribution < 1.29 is 13.2 Å². The molecule has 2 aliphatic heterocycles. The van der Waals surface area contributed by atoms with E-state index in [0.717, 1.165) is 31.2 Å². The van der Waals surface area contributed by atoms with Gasteiger partial charge in [-0.25, -0.2) is 8.42 Å². The fraction of sp³-hybridized carbons (Fsp3) is 0.471. The van der Waals surface area contributed by atoms with E-state index in [1.165, 1.54) is 6.07 Å². The fourth-order valence-corrected chi connectivity index (χ4v) is 5.42. The van der Waals surface area contributed by atoms with E-state index < -0.39 is 10.0 Å². The molecule has 9 heteroatoms. The van der Waals surface area contributed by atoms with Crippen LogP contribution in [-0.4, -0.2) is 52.8 Å². The summed E-state index contributed by atoms with van der Waals surface area (Å²) in [5.41, 5.74) is 1.35. The number of amides is 1. The predicted octanol–water partition coefficient (Wildman–Crippen LogP) is 0.807. The molecule has 0 radical (unpaired) electrons. The fourth-order valence-electron chi connectivity index (χ4n) is 3.71. The molecule has 0 saturated carbocycles. The Hall–Kier alpha value is -2.26. The van der Waals surface area contributed by atoms with Crippen LogP contribution in [-0.2, 0) is 23.0 Å². The van der Waals surface area contributed by atoms with Crippen LogP contribution in [0.2, 0.25) is 0 Å². The molecule has 2 aromatic rings. The molecule has 1 unspecified atom stereocenters. The molecule has 1 amide bonds. The molecule has 0 bridgehead atoms. The van der Waals surface area contributed by atoms with Gasteiger partial charge < -0.3 is 5.32 Å². The monoisotopic (exact) mass is 375 g/mol. The summed E-state index contributed by atoms with van der Waals surface area (Å²) in [6, 6.07) is 4.73. The van der Waals surface area contributed by atoms with Crippen molar-refractivity contribution in [2.75, 3.05) is 13.1 Å². The summed E-state index contributed by atoms with van der Waals surface area (Å²) in [6.45, 7) is 1.54. The molecule has 1 aromatic carbocycles. The lowest BCUT2D eigenvalue weighted by atomic mass is 10.0. The highest BCUT2D eigenvalue weighted by molar-refractivity contribution is 7.89. The molecule has 8 nitrogen and oxygen atoms in total. The lowest BCUT2D eigenvalue weighted by Crippen LogP contribution is -2.46. The Morgan fingerprint density at radius 3 is 2.96 bits per heavy atom. The first-order valence-electron chi connectivity index (χ1n) is 8.83. The van der Waals surface area contributed by atoms with Crippen LogP contribution >= 0.6 is 0 Å². The highest BCUT2D eigenvalue weighted by atomic mass is 32.2. The van der Waals surface area contributed by atoms with E-state index in [1.807, 2.05) is 0 Å². The van der Waals surface area contributed by atoms with Crippen LogP contribution in [0.3, 0.4) is 0 Å². The van der Waals surface area contributed by atoms with Gasteiger partial charge in [0.05, 0.1) is 17.6 Å². The number of nitrogens with one attached hydrogen (secondary N) is 1. The lowest BCUT2D eigenvalue weighted by molar-refractivity contribution is 0.0945. The number of hydrogen-bond donors (Lipinski definition) is 1. The van der Waals surface area contributed by atoms with E-state index in [9.17, 15) is 13.2 Å². The van der Waals surface area contributed by atoms with Gasteiger partial charge in [-0.1, -0.05) is 17.7 Å². The lowest BCUT2D eigenvalue weighted by Gasteiger charge is -2.34. The van der Waals surface area contributed by atoms with Gasteiger partial charge in [-0.05, 0) is 37.0 Å². The number of carbonyl (C=O) groups excluding carboxylic acids is 1. The zero-order valence-electron chi connectivity index (χ0n) is 14.3. The average Bonchev–Trinajstić information content (AvgIpc) is 3.15. The minimum absolute atomic E-state index is 0.166. The molecule has 1 atom stereocenters. The molecule has 2 aliphatic rings. The third-order valence-corrected chi connectivity index (χ3v) is 7.00. The van der Waals surface area contributed by atoms with Crippen molar-refractivity contribution in [2.24, 2.45) is 0 Å². The summed E-state index contributed by atoms with van der Waals surface area (Å²) < 4.78 is 29.8. The van der Waals surface area contributed by atoms with Gasteiger partial charge in [-0.3, -0.25) is 9.48 Å². The van der Waals surface area contributed by atoms with E-state index in [4.69, 9.17) is 0 Å². The Kier molecular flexibility index (Phi) is 4.49. The predicted molar refractivity (Wildman–Crippen MR) is 94.0 cm³/mol. The Bertz CT molecular complexity index is 910. The molecule has 1 saturated heterocycles. The van der Waals surface area contributed by atoms with Crippen molar-refractivity contribution >= 4 is 15.9 Å². The number of benzene rings is 1. The molecule has 138 valence electrons. The van der Waals surface area contributed by atoms with Crippen molar-refractivity contribution in [1.82, 2.24) is 24.6 Å². The first kappa shape index (κ1) is 17.2. The van der Waals surface area contributed by atoms with Crippen LogP contribution in [0.25, 0.3) is 0 Å². The second-order valence-corrected chi connectivity index (χ2v) is 8.61. The maximum absolute atomic E-state index is 13.3. The molecule has 1 fully saturated rings. The quantitative estimate of drug-likeness (QED) is 0.853. The molecular weight excluding hydrogens is 354 g/mol. The molecular formula is C17H21N5O3S. The minimum atomic E-state index is -3.68. The number of sulfonamides is 1. The van der Waals surface area contributed by atoms with Crippen molar-refractivity contribution in [3.8, 4) is 0 Å². The second-order valence-electron chi connectivity index (χ2n) is 6.72. The van der Waals surface area contributed by atoms with Gasteiger partial charge >= 0.3 is 0 Å². The van der Waals surface area contributed by atoms with Gasteiger partial charge in [0.15, 0.2) is 0 Å². The molecule has 3 heterocycles. The first-order valence-corrected chi connectivity index (χ1v) is 10.3. The normalized spacial score (nSPS) is 21.2. The van der Waals surface area contributed by atoms with Gasteiger partial charge in [0.1, 0.15) is 0 Å². The number of nitrogens with zero attached hydrogens (tertiary/aromatic N) is 4. The van der Waals surface area contributed by atoms with Crippen molar-refractivity contribution in [3.63, 3.8) is 0 Å². The highest BCUT2D eigenvalue weighted by Crippen LogP contribution is 2.28. The third kappa shape index (κ3) is 3.12. The van der Waals surface area contributed by atoms with Crippen molar-refractivity contribution in [1.29, 1.82) is 0 Å². The van der Waals surface area contributed by atoms with Crippen LogP contribution in [0, 0.1) is 0 Å². The number of hydrogen-bond acceptors (Lipinski definition) is 5. The number of piperidine rings is 1. The third-order valence-electron chi connectivity index (χ3n) is 5.06. The number of rotatable bonds is 4. The standard InChI is InChI=1S/C17H21N5O3S/c23-17-16-11-15(5-4-13(16)6-7-18-17)26(24,25)22-9-2-1-3-14(22)12-21-10-8-19-20-21/h4-5,8,10-11,14H,1-3,6-7,9,12H2,(H,18,23). The summed E-state index contributed by atoms with van der Waals surface area (Å²) in [5.74, 6) is -0.207. The van der Waals surface area contributed by atoms with Crippen molar-refractivity contribution in [2.45, 2.75) is 43.2 Å². The summed E-state index contributed by atoms with van der Waals surface area (Å²) in [7, 11) is -3.68. The van der Waals surface area contributed by atoms with Gasteiger partial charge in [0.2, 0.25) is 10.0 Å². The SMILES string of the molecule is O=C1NCCc2ccc(S(=O)(=O)N3CCCCC3Cn3ccnn3)cc21. The maximum atomic E-state index is 13.3. The summed E-state index contributed by atoms with van der Waals surface area (Å²) in [5, 5.41) is 10.5.